The Bertz CT molecular complexity index is 847. The molecule has 9 heteroatoms. The van der Waals surface area contributed by atoms with Gasteiger partial charge in [0.1, 0.15) is 5.01 Å². The van der Waals surface area contributed by atoms with Gasteiger partial charge in [0.25, 0.3) is 0 Å². The molecule has 1 aromatic heterocycles. The molecule has 0 aliphatic carbocycles. The zero-order valence-electron chi connectivity index (χ0n) is 12.5. The molecule has 1 saturated heterocycles. The Morgan fingerprint density at radius 3 is 2.87 bits per heavy atom. The topological polar surface area (TPSA) is 106 Å². The maximum atomic E-state index is 12.1. The summed E-state index contributed by atoms with van der Waals surface area (Å²) in [6.07, 6.45) is 0.162. The highest BCUT2D eigenvalue weighted by Crippen LogP contribution is 2.32. The third-order valence-electron chi connectivity index (χ3n) is 3.58. The maximum Gasteiger partial charge on any atom is 0.229 e. The molecule has 0 saturated carbocycles. The minimum absolute atomic E-state index is 0.148. The molecular formula is C14H16N4O3S2. The van der Waals surface area contributed by atoms with Gasteiger partial charge in [-0.2, -0.15) is 0 Å². The molecule has 3 rings (SSSR count). The summed E-state index contributed by atoms with van der Waals surface area (Å²) < 4.78 is 22.4. The average molecular weight is 352 g/mol. The Labute approximate surface area is 138 Å². The minimum atomic E-state index is -3.59. The van der Waals surface area contributed by atoms with E-state index < -0.39 is 10.0 Å². The van der Waals surface area contributed by atoms with Gasteiger partial charge < -0.3 is 0 Å². The summed E-state index contributed by atoms with van der Waals surface area (Å²) in [4.78, 5) is 13.6. The van der Waals surface area contributed by atoms with Gasteiger partial charge in [-0.25, -0.2) is 13.6 Å². The first-order valence-electron chi connectivity index (χ1n) is 7.03. The quantitative estimate of drug-likeness (QED) is 0.888. The van der Waals surface area contributed by atoms with E-state index in [1.807, 2.05) is 31.2 Å². The van der Waals surface area contributed by atoms with Crippen LogP contribution in [0, 0.1) is 12.8 Å². The highest BCUT2D eigenvalue weighted by molar-refractivity contribution is 7.89. The molecule has 0 radical (unpaired) electrons. The van der Waals surface area contributed by atoms with Crippen LogP contribution in [-0.2, 0) is 14.8 Å². The van der Waals surface area contributed by atoms with Gasteiger partial charge in [0.2, 0.25) is 21.1 Å². The van der Waals surface area contributed by atoms with E-state index in [2.05, 4.69) is 10.2 Å². The summed E-state index contributed by atoms with van der Waals surface area (Å²) in [5.74, 6) is -0.645. The molecule has 0 spiro atoms. The highest BCUT2D eigenvalue weighted by Gasteiger charge is 2.34. The first kappa shape index (κ1) is 16.0. The van der Waals surface area contributed by atoms with Crippen LogP contribution in [0.2, 0.25) is 0 Å². The van der Waals surface area contributed by atoms with Crippen molar-refractivity contribution in [2.24, 2.45) is 11.1 Å². The molecule has 2 heterocycles. The van der Waals surface area contributed by atoms with Crippen LogP contribution in [-0.4, -0.2) is 36.8 Å². The summed E-state index contributed by atoms with van der Waals surface area (Å²) in [6.45, 7) is 2.30. The van der Waals surface area contributed by atoms with Crippen molar-refractivity contribution in [1.82, 2.24) is 10.2 Å². The zero-order valence-corrected chi connectivity index (χ0v) is 14.1. The van der Waals surface area contributed by atoms with Gasteiger partial charge in [0.15, 0.2) is 0 Å². The maximum absolute atomic E-state index is 12.1. The normalized spacial score (nSPS) is 18.6. The molecule has 1 aliphatic rings. The number of aryl methyl sites for hydroxylation is 1. The van der Waals surface area contributed by atoms with Gasteiger partial charge in [0, 0.05) is 24.4 Å². The first-order valence-corrected chi connectivity index (χ1v) is 9.56. The standard InChI is InChI=1S/C14H16N4O3S2/c1-9-3-2-4-11(5-9)13-16-17-14(22-13)18-7-10(6-12(18)19)8-23(15,20)21/h2-5,10H,6-8H2,1H3,(H2,15,20,21). The lowest BCUT2D eigenvalue weighted by Gasteiger charge is -2.11. The molecule has 1 amide bonds. The monoisotopic (exact) mass is 352 g/mol. The zero-order chi connectivity index (χ0) is 16.6. The van der Waals surface area contributed by atoms with Gasteiger partial charge in [-0.15, -0.1) is 10.2 Å². The fourth-order valence-electron chi connectivity index (χ4n) is 2.63. The number of sulfonamides is 1. The van der Waals surface area contributed by atoms with Crippen LogP contribution in [0.3, 0.4) is 0 Å². The van der Waals surface area contributed by atoms with Crippen molar-refractivity contribution in [1.29, 1.82) is 0 Å². The van der Waals surface area contributed by atoms with Crippen molar-refractivity contribution < 1.29 is 13.2 Å². The molecule has 1 aliphatic heterocycles. The number of hydrogen-bond acceptors (Lipinski definition) is 6. The molecule has 1 aromatic carbocycles. The van der Waals surface area contributed by atoms with E-state index in [4.69, 9.17) is 5.14 Å². The van der Waals surface area contributed by atoms with Gasteiger partial charge in [-0.1, -0.05) is 35.1 Å². The number of nitrogens with two attached hydrogens (primary N) is 1. The number of aromatic nitrogens is 2. The predicted octanol–water partition coefficient (Wildman–Crippen LogP) is 1.15. The summed E-state index contributed by atoms with van der Waals surface area (Å²) in [6, 6.07) is 7.87. The van der Waals surface area contributed by atoms with Crippen molar-refractivity contribution in [3.63, 3.8) is 0 Å². The van der Waals surface area contributed by atoms with Crippen LogP contribution in [0.5, 0.6) is 0 Å². The van der Waals surface area contributed by atoms with E-state index in [1.165, 1.54) is 16.2 Å². The van der Waals surface area contributed by atoms with Crippen LogP contribution in [0.4, 0.5) is 5.13 Å². The average Bonchev–Trinajstić information content (AvgIpc) is 3.03. The fourth-order valence-corrected chi connectivity index (χ4v) is 4.37. The van der Waals surface area contributed by atoms with Crippen molar-refractivity contribution in [2.75, 3.05) is 17.2 Å². The molecule has 2 N–H and O–H groups in total. The smallest absolute Gasteiger partial charge is 0.229 e. The molecule has 2 aromatic rings. The molecule has 7 nitrogen and oxygen atoms in total. The Kier molecular flexibility index (Phi) is 4.17. The van der Waals surface area contributed by atoms with Crippen molar-refractivity contribution in [2.45, 2.75) is 13.3 Å². The van der Waals surface area contributed by atoms with E-state index in [-0.39, 0.29) is 24.0 Å². The summed E-state index contributed by atoms with van der Waals surface area (Å²) in [7, 11) is -3.59. The molecule has 1 fully saturated rings. The van der Waals surface area contributed by atoms with E-state index in [1.54, 1.807) is 0 Å². The second kappa shape index (κ2) is 5.99. The Hall–Kier alpha value is -1.84. The molecule has 122 valence electrons. The Morgan fingerprint density at radius 2 is 2.17 bits per heavy atom. The first-order chi connectivity index (χ1) is 10.8. The van der Waals surface area contributed by atoms with E-state index in [9.17, 15) is 13.2 Å². The van der Waals surface area contributed by atoms with Crippen LogP contribution in [0.15, 0.2) is 24.3 Å². The second-order valence-electron chi connectivity index (χ2n) is 5.66. The number of primary sulfonamides is 1. The molecule has 1 unspecified atom stereocenters. The number of carbonyl (C=O) groups excluding carboxylic acids is 1. The van der Waals surface area contributed by atoms with E-state index in [0.29, 0.717) is 11.7 Å². The number of nitrogens with zero attached hydrogens (tertiary/aromatic N) is 3. The van der Waals surface area contributed by atoms with Crippen molar-refractivity contribution >= 4 is 32.4 Å². The molecular weight excluding hydrogens is 336 g/mol. The molecule has 1 atom stereocenters. The minimum Gasteiger partial charge on any atom is -0.286 e. The SMILES string of the molecule is Cc1cccc(-c2nnc(N3CC(CS(N)(=O)=O)CC3=O)s2)c1. The number of rotatable bonds is 4. The van der Waals surface area contributed by atoms with Crippen LogP contribution in [0.25, 0.3) is 10.6 Å². The Morgan fingerprint density at radius 1 is 1.39 bits per heavy atom. The van der Waals surface area contributed by atoms with Gasteiger partial charge in [-0.05, 0) is 13.0 Å². The van der Waals surface area contributed by atoms with Gasteiger partial charge in [-0.3, -0.25) is 9.69 Å². The van der Waals surface area contributed by atoms with E-state index in [0.717, 1.165) is 16.1 Å². The van der Waals surface area contributed by atoms with Gasteiger partial charge >= 0.3 is 0 Å². The van der Waals surface area contributed by atoms with Crippen LogP contribution in [0.1, 0.15) is 12.0 Å². The van der Waals surface area contributed by atoms with Crippen LogP contribution < -0.4 is 10.0 Å². The number of amides is 1. The Balaban J connectivity index is 1.79. The lowest BCUT2D eigenvalue weighted by Crippen LogP contribution is -2.27. The summed E-state index contributed by atoms with van der Waals surface area (Å²) in [5.41, 5.74) is 2.06. The number of hydrogen-bond donors (Lipinski definition) is 1. The molecule has 23 heavy (non-hydrogen) atoms. The van der Waals surface area contributed by atoms with Crippen molar-refractivity contribution in [3.05, 3.63) is 29.8 Å². The van der Waals surface area contributed by atoms with Gasteiger partial charge in [0.05, 0.1) is 5.75 Å². The van der Waals surface area contributed by atoms with Crippen molar-refractivity contribution in [3.8, 4) is 10.6 Å². The van der Waals surface area contributed by atoms with Crippen LogP contribution >= 0.6 is 11.3 Å². The largest absolute Gasteiger partial charge is 0.286 e. The fraction of sp³-hybridized carbons (Fsp3) is 0.357. The second-order valence-corrected chi connectivity index (χ2v) is 8.28. The lowest BCUT2D eigenvalue weighted by molar-refractivity contribution is -0.117. The molecule has 0 bridgehead atoms. The highest BCUT2D eigenvalue weighted by atomic mass is 32.2. The third-order valence-corrected chi connectivity index (χ3v) is 5.51. The van der Waals surface area contributed by atoms with E-state index >= 15 is 0 Å². The summed E-state index contributed by atoms with van der Waals surface area (Å²) >= 11 is 1.32. The number of carbonyl (C=O) groups is 1. The predicted molar refractivity (Wildman–Crippen MR) is 88.5 cm³/mol. The summed E-state index contributed by atoms with van der Waals surface area (Å²) in [5, 5.41) is 14.5. The number of benzene rings is 1. The lowest BCUT2D eigenvalue weighted by atomic mass is 10.1. The number of anilines is 1. The third kappa shape index (κ3) is 3.74.